The minimum atomic E-state index is 0. The van der Waals surface area contributed by atoms with Gasteiger partial charge in [0.15, 0.2) is 0 Å². The number of aryl methyl sites for hydroxylation is 1. The van der Waals surface area contributed by atoms with E-state index >= 15 is 0 Å². The van der Waals surface area contributed by atoms with E-state index in [1.807, 2.05) is 104 Å². The second-order valence-electron chi connectivity index (χ2n) is 10.7. The van der Waals surface area contributed by atoms with Crippen LogP contribution in [0.15, 0.2) is 144 Å². The summed E-state index contributed by atoms with van der Waals surface area (Å²) in [5, 5.41) is 3.22. The fourth-order valence-electron chi connectivity index (χ4n) is 5.85. The first-order valence-corrected chi connectivity index (χ1v) is 14.8. The van der Waals surface area contributed by atoms with E-state index < -0.39 is 0 Å². The Morgan fingerprint density at radius 2 is 1.41 bits per heavy atom. The third-order valence-electron chi connectivity index (χ3n) is 7.89. The van der Waals surface area contributed by atoms with Crippen LogP contribution in [0.2, 0.25) is 0 Å². The first kappa shape index (κ1) is 29.3. The summed E-state index contributed by atoms with van der Waals surface area (Å²) in [6, 6.07) is 50.9. The van der Waals surface area contributed by atoms with Crippen LogP contribution in [0.1, 0.15) is 5.69 Å². The van der Waals surface area contributed by atoms with E-state index in [0.717, 1.165) is 77.9 Å². The zero-order valence-electron chi connectivity index (χ0n) is 24.8. The van der Waals surface area contributed by atoms with Gasteiger partial charge in [0.2, 0.25) is 0 Å². The van der Waals surface area contributed by atoms with Gasteiger partial charge in [-0.2, -0.15) is 0 Å². The van der Waals surface area contributed by atoms with Gasteiger partial charge in [0.05, 0.1) is 33.7 Å². The minimum Gasteiger partial charge on any atom is -0.501 e. The summed E-state index contributed by atoms with van der Waals surface area (Å²) < 4.78 is 8.56. The SMILES string of the molecule is Cc1nc2ccccc2c2c1nc(-c1[c-]ccc3c1oc1ccccc13)n2-c1ccccc1.[Ir].[c-]1ccccc1-c1ccccn1. The molecule has 0 atom stereocenters. The summed E-state index contributed by atoms with van der Waals surface area (Å²) in [6.07, 6.45) is 1.79. The fraction of sp³-hybridized carbons (Fsp3) is 0.0250. The molecule has 4 heterocycles. The molecule has 1 radical (unpaired) electrons. The number of para-hydroxylation sites is 3. The first-order valence-electron chi connectivity index (χ1n) is 14.8. The van der Waals surface area contributed by atoms with Gasteiger partial charge < -0.3 is 14.0 Å². The minimum absolute atomic E-state index is 0. The van der Waals surface area contributed by atoms with Gasteiger partial charge in [-0.05, 0) is 42.9 Å². The molecule has 4 aromatic heterocycles. The Bertz CT molecular complexity index is 2400. The standard InChI is InChI=1S/C29H18N3O.C11H8N.Ir/c1-18-26-27(22-13-5-7-16-24(22)30-18)32(19-10-3-2-4-11-19)29(31-26)23-15-9-14-21-20-12-6-8-17-25(20)33-28(21)23;1-2-6-10(7-3-1)11-8-4-5-9-12-11;/h2-14,16-17H,1H3;1-6,8-9H;/q2*-1;. The maximum atomic E-state index is 6.34. The van der Waals surface area contributed by atoms with Crippen molar-refractivity contribution in [2.75, 3.05) is 0 Å². The molecule has 9 aromatic rings. The normalized spacial score (nSPS) is 11.0. The molecule has 0 aliphatic carbocycles. The molecular weight excluding hydrogens is 745 g/mol. The number of hydrogen-bond acceptors (Lipinski definition) is 4. The van der Waals surface area contributed by atoms with Crippen LogP contribution in [0.4, 0.5) is 0 Å². The summed E-state index contributed by atoms with van der Waals surface area (Å²) in [6.45, 7) is 2.02. The van der Waals surface area contributed by atoms with E-state index in [1.54, 1.807) is 6.20 Å². The molecule has 5 aromatic carbocycles. The van der Waals surface area contributed by atoms with Gasteiger partial charge in [-0.25, -0.2) is 0 Å². The molecule has 0 aliphatic heterocycles. The van der Waals surface area contributed by atoms with Crippen LogP contribution in [0.25, 0.3) is 72.2 Å². The van der Waals surface area contributed by atoms with E-state index in [2.05, 4.69) is 58.1 Å². The molecule has 46 heavy (non-hydrogen) atoms. The third kappa shape index (κ3) is 5.18. The van der Waals surface area contributed by atoms with E-state index in [1.165, 1.54) is 0 Å². The average Bonchev–Trinajstić information content (AvgIpc) is 3.70. The Labute approximate surface area is 279 Å². The zero-order chi connectivity index (χ0) is 30.2. The number of rotatable bonds is 3. The van der Waals surface area contributed by atoms with Crippen molar-refractivity contribution < 1.29 is 24.5 Å². The van der Waals surface area contributed by atoms with Crippen LogP contribution < -0.4 is 0 Å². The topological polar surface area (TPSA) is 56.7 Å². The summed E-state index contributed by atoms with van der Waals surface area (Å²) in [5.41, 5.74) is 9.32. The Hall–Kier alpha value is -5.42. The average molecular weight is 771 g/mol. The van der Waals surface area contributed by atoms with Crippen molar-refractivity contribution in [3.05, 3.63) is 157 Å². The molecule has 0 saturated heterocycles. The first-order chi connectivity index (χ1) is 22.3. The van der Waals surface area contributed by atoms with Crippen molar-refractivity contribution in [2.45, 2.75) is 6.92 Å². The van der Waals surface area contributed by atoms with Crippen molar-refractivity contribution in [3.63, 3.8) is 0 Å². The second-order valence-corrected chi connectivity index (χ2v) is 10.7. The van der Waals surface area contributed by atoms with Crippen molar-refractivity contribution in [3.8, 4) is 28.3 Å². The van der Waals surface area contributed by atoms with Crippen molar-refractivity contribution in [2.24, 2.45) is 0 Å². The number of benzene rings is 5. The Balaban J connectivity index is 0.000000220. The molecule has 0 spiro atoms. The molecule has 0 aliphatic rings. The molecule has 0 unspecified atom stereocenters. The molecule has 0 N–H and O–H groups in total. The zero-order valence-corrected chi connectivity index (χ0v) is 27.2. The number of imidazole rings is 1. The van der Waals surface area contributed by atoms with Crippen LogP contribution in [0.5, 0.6) is 0 Å². The maximum Gasteiger partial charge on any atom is 0.120 e. The van der Waals surface area contributed by atoms with Crippen LogP contribution in [0.3, 0.4) is 0 Å². The number of hydrogen-bond donors (Lipinski definition) is 0. The predicted molar refractivity (Wildman–Crippen MR) is 181 cm³/mol. The number of nitrogens with zero attached hydrogens (tertiary/aromatic N) is 4. The molecule has 9 rings (SSSR count). The molecule has 0 saturated carbocycles. The predicted octanol–water partition coefficient (Wildman–Crippen LogP) is 9.79. The number of pyridine rings is 2. The maximum absolute atomic E-state index is 6.34. The van der Waals surface area contributed by atoms with Gasteiger partial charge in [0.1, 0.15) is 5.58 Å². The van der Waals surface area contributed by atoms with E-state index in [0.29, 0.717) is 0 Å². The molecule has 0 amide bonds. The van der Waals surface area contributed by atoms with Crippen molar-refractivity contribution in [1.29, 1.82) is 0 Å². The Kier molecular flexibility index (Phi) is 7.98. The van der Waals surface area contributed by atoms with Crippen LogP contribution in [-0.2, 0) is 20.1 Å². The summed E-state index contributed by atoms with van der Waals surface area (Å²) in [4.78, 5) is 14.2. The summed E-state index contributed by atoms with van der Waals surface area (Å²) in [7, 11) is 0. The Morgan fingerprint density at radius 1 is 0.652 bits per heavy atom. The molecule has 5 nitrogen and oxygen atoms in total. The van der Waals surface area contributed by atoms with Crippen molar-refractivity contribution in [1.82, 2.24) is 19.5 Å². The van der Waals surface area contributed by atoms with Gasteiger partial charge in [-0.15, -0.1) is 54.1 Å². The van der Waals surface area contributed by atoms with Crippen LogP contribution >= 0.6 is 0 Å². The largest absolute Gasteiger partial charge is 0.501 e. The third-order valence-corrected chi connectivity index (χ3v) is 7.89. The van der Waals surface area contributed by atoms with Gasteiger partial charge >= 0.3 is 0 Å². The smallest absolute Gasteiger partial charge is 0.120 e. The van der Waals surface area contributed by atoms with Crippen LogP contribution in [-0.4, -0.2) is 19.5 Å². The molecule has 0 fully saturated rings. The second kappa shape index (κ2) is 12.5. The Morgan fingerprint density at radius 3 is 2.22 bits per heavy atom. The van der Waals surface area contributed by atoms with Gasteiger partial charge in [0.25, 0.3) is 0 Å². The monoisotopic (exact) mass is 771 g/mol. The quantitative estimate of drug-likeness (QED) is 0.168. The fourth-order valence-corrected chi connectivity index (χ4v) is 5.85. The number of furan rings is 1. The van der Waals surface area contributed by atoms with E-state index in [-0.39, 0.29) is 20.1 Å². The van der Waals surface area contributed by atoms with Gasteiger partial charge in [-0.3, -0.25) is 9.97 Å². The van der Waals surface area contributed by atoms with Crippen LogP contribution in [0, 0.1) is 19.1 Å². The van der Waals surface area contributed by atoms with Crippen molar-refractivity contribution >= 4 is 43.9 Å². The molecule has 223 valence electrons. The molecule has 0 bridgehead atoms. The number of aromatic nitrogens is 4. The van der Waals surface area contributed by atoms with E-state index in [4.69, 9.17) is 14.4 Å². The number of fused-ring (bicyclic) bond motifs is 6. The van der Waals surface area contributed by atoms with Gasteiger partial charge in [0, 0.05) is 42.8 Å². The summed E-state index contributed by atoms with van der Waals surface area (Å²) >= 11 is 0. The molecule has 6 heteroatoms. The summed E-state index contributed by atoms with van der Waals surface area (Å²) in [5.74, 6) is 0.794. The molecular formula is C40H26IrN4O-2. The van der Waals surface area contributed by atoms with E-state index in [9.17, 15) is 0 Å². The van der Waals surface area contributed by atoms with Gasteiger partial charge in [-0.1, -0.05) is 77.7 Å².